The summed E-state index contributed by atoms with van der Waals surface area (Å²) in [4.78, 5) is 2.73. The van der Waals surface area contributed by atoms with Gasteiger partial charge in [0.1, 0.15) is 0 Å². The third-order valence-electron chi connectivity index (χ3n) is 5.34. The van der Waals surface area contributed by atoms with Gasteiger partial charge in [0.05, 0.1) is 0 Å². The number of nitrogens with one attached hydrogen (secondary N) is 1. The molecule has 3 rings (SSSR count). The van der Waals surface area contributed by atoms with Crippen LogP contribution in [0.2, 0.25) is 0 Å². The van der Waals surface area contributed by atoms with E-state index in [1.165, 1.54) is 32.2 Å². The Morgan fingerprint density at radius 3 is 2.90 bits per heavy atom. The van der Waals surface area contributed by atoms with Gasteiger partial charge in [-0.15, -0.1) is 0 Å². The van der Waals surface area contributed by atoms with Crippen molar-refractivity contribution < 1.29 is 0 Å². The van der Waals surface area contributed by atoms with Gasteiger partial charge in [0, 0.05) is 24.7 Å². The van der Waals surface area contributed by atoms with Gasteiger partial charge in [-0.2, -0.15) is 0 Å². The molecule has 1 N–H and O–H groups in total. The molecule has 2 nitrogen and oxygen atoms in total. The number of hydrogen-bond donors (Lipinski definition) is 1. The monoisotopic (exact) mass is 286 g/mol. The topological polar surface area (TPSA) is 15.3 Å². The summed E-state index contributed by atoms with van der Waals surface area (Å²) in [6, 6.07) is 9.80. The lowest BCUT2D eigenvalue weighted by Crippen LogP contribution is -2.48. The fraction of sp³-hybridized carbons (Fsp3) is 0.684. The molecular formula is C19H30N2. The van der Waals surface area contributed by atoms with E-state index in [2.05, 4.69) is 55.3 Å². The Morgan fingerprint density at radius 2 is 2.05 bits per heavy atom. The number of hydrogen-bond acceptors (Lipinski definition) is 2. The van der Waals surface area contributed by atoms with E-state index in [-0.39, 0.29) is 5.54 Å². The van der Waals surface area contributed by atoms with Gasteiger partial charge < -0.3 is 5.32 Å². The van der Waals surface area contributed by atoms with E-state index in [4.69, 9.17) is 0 Å². The fourth-order valence-electron chi connectivity index (χ4n) is 4.09. The van der Waals surface area contributed by atoms with Crippen molar-refractivity contribution >= 4 is 0 Å². The van der Waals surface area contributed by atoms with Crippen molar-refractivity contribution in [2.45, 2.75) is 64.0 Å². The summed E-state index contributed by atoms with van der Waals surface area (Å²) in [7, 11) is 0. The van der Waals surface area contributed by atoms with Crippen molar-refractivity contribution in [1.82, 2.24) is 10.2 Å². The molecule has 1 fully saturated rings. The maximum absolute atomic E-state index is 3.70. The van der Waals surface area contributed by atoms with E-state index in [1.54, 1.807) is 11.1 Å². The molecule has 2 unspecified atom stereocenters. The number of fused-ring (bicyclic) bond motifs is 1. The van der Waals surface area contributed by atoms with Crippen molar-refractivity contribution in [2.24, 2.45) is 0 Å². The minimum Gasteiger partial charge on any atom is -0.310 e. The van der Waals surface area contributed by atoms with Crippen LogP contribution in [-0.4, -0.2) is 36.1 Å². The van der Waals surface area contributed by atoms with Crippen molar-refractivity contribution in [1.29, 1.82) is 0 Å². The van der Waals surface area contributed by atoms with Gasteiger partial charge >= 0.3 is 0 Å². The van der Waals surface area contributed by atoms with Crippen LogP contribution >= 0.6 is 0 Å². The number of benzene rings is 1. The molecule has 0 saturated carbocycles. The molecule has 1 aromatic rings. The molecule has 1 heterocycles. The van der Waals surface area contributed by atoms with Crippen LogP contribution in [0, 0.1) is 0 Å². The third-order valence-corrected chi connectivity index (χ3v) is 5.34. The highest BCUT2D eigenvalue weighted by atomic mass is 15.2. The Hall–Kier alpha value is -0.860. The molecule has 2 aliphatic rings. The summed E-state index contributed by atoms with van der Waals surface area (Å²) in [5, 5.41) is 3.70. The first-order valence-electron chi connectivity index (χ1n) is 8.62. The standard InChI is InChI=1S/C19H30N2/c1-15-11-12-20-19(2,3)14-21(15)13-17-9-6-8-16-7-4-5-10-18(16)17/h4-5,7,10,15,17,20H,6,8-9,11-14H2,1-3H3. The predicted octanol–water partition coefficient (Wildman–Crippen LogP) is 3.57. The van der Waals surface area contributed by atoms with E-state index in [1.807, 2.05) is 0 Å². The molecule has 2 atom stereocenters. The lowest BCUT2D eigenvalue weighted by molar-refractivity contribution is 0.166. The number of aryl methyl sites for hydroxylation is 1. The van der Waals surface area contributed by atoms with Crippen LogP contribution in [0.15, 0.2) is 24.3 Å². The van der Waals surface area contributed by atoms with Crippen molar-refractivity contribution in [2.75, 3.05) is 19.6 Å². The second-order valence-electron chi connectivity index (χ2n) is 7.67. The van der Waals surface area contributed by atoms with Crippen molar-refractivity contribution in [3.8, 4) is 0 Å². The van der Waals surface area contributed by atoms with Crippen LogP contribution in [0.1, 0.15) is 57.1 Å². The molecule has 0 aromatic heterocycles. The fourth-order valence-corrected chi connectivity index (χ4v) is 4.09. The maximum atomic E-state index is 3.70. The van der Waals surface area contributed by atoms with Crippen LogP contribution in [0.5, 0.6) is 0 Å². The molecular weight excluding hydrogens is 256 g/mol. The second kappa shape index (κ2) is 6.10. The van der Waals surface area contributed by atoms with E-state index in [0.29, 0.717) is 6.04 Å². The highest BCUT2D eigenvalue weighted by Crippen LogP contribution is 2.33. The zero-order valence-electron chi connectivity index (χ0n) is 13.9. The van der Waals surface area contributed by atoms with Crippen LogP contribution < -0.4 is 5.32 Å². The molecule has 1 aliphatic carbocycles. The van der Waals surface area contributed by atoms with E-state index in [0.717, 1.165) is 19.0 Å². The summed E-state index contributed by atoms with van der Waals surface area (Å²) in [6.45, 7) is 10.6. The molecule has 0 spiro atoms. The van der Waals surface area contributed by atoms with Gasteiger partial charge in [-0.05, 0) is 70.0 Å². The summed E-state index contributed by atoms with van der Waals surface area (Å²) in [5.74, 6) is 0.728. The van der Waals surface area contributed by atoms with E-state index < -0.39 is 0 Å². The maximum Gasteiger partial charge on any atom is 0.0252 e. The molecule has 1 saturated heterocycles. The largest absolute Gasteiger partial charge is 0.310 e. The first-order valence-corrected chi connectivity index (χ1v) is 8.62. The molecule has 0 radical (unpaired) electrons. The Bertz CT molecular complexity index is 480. The summed E-state index contributed by atoms with van der Waals surface area (Å²) in [5.41, 5.74) is 3.44. The zero-order valence-corrected chi connectivity index (χ0v) is 13.9. The van der Waals surface area contributed by atoms with Gasteiger partial charge in [-0.3, -0.25) is 4.90 Å². The first kappa shape index (κ1) is 15.1. The van der Waals surface area contributed by atoms with Crippen molar-refractivity contribution in [3.05, 3.63) is 35.4 Å². The van der Waals surface area contributed by atoms with Crippen LogP contribution in [-0.2, 0) is 6.42 Å². The van der Waals surface area contributed by atoms with E-state index in [9.17, 15) is 0 Å². The molecule has 0 amide bonds. The quantitative estimate of drug-likeness (QED) is 0.894. The first-order chi connectivity index (χ1) is 10.1. The Balaban J connectivity index is 1.76. The average Bonchev–Trinajstić information content (AvgIpc) is 2.58. The summed E-state index contributed by atoms with van der Waals surface area (Å²) >= 11 is 0. The highest BCUT2D eigenvalue weighted by Gasteiger charge is 2.30. The molecule has 2 heteroatoms. The SMILES string of the molecule is CC1CCNC(C)(C)CN1CC1CCCc2ccccc21. The van der Waals surface area contributed by atoms with Gasteiger partial charge in [-0.25, -0.2) is 0 Å². The second-order valence-corrected chi connectivity index (χ2v) is 7.67. The lowest BCUT2D eigenvalue weighted by Gasteiger charge is -2.37. The number of rotatable bonds is 2. The molecule has 0 bridgehead atoms. The lowest BCUT2D eigenvalue weighted by atomic mass is 9.82. The smallest absolute Gasteiger partial charge is 0.0252 e. The van der Waals surface area contributed by atoms with Crippen LogP contribution in [0.3, 0.4) is 0 Å². The van der Waals surface area contributed by atoms with Gasteiger partial charge in [0.2, 0.25) is 0 Å². The molecule has 1 aliphatic heterocycles. The van der Waals surface area contributed by atoms with Crippen molar-refractivity contribution in [3.63, 3.8) is 0 Å². The zero-order chi connectivity index (χ0) is 14.9. The Labute approximate surface area is 129 Å². The Morgan fingerprint density at radius 1 is 1.24 bits per heavy atom. The predicted molar refractivity (Wildman–Crippen MR) is 89.9 cm³/mol. The molecule has 1 aromatic carbocycles. The highest BCUT2D eigenvalue weighted by molar-refractivity contribution is 5.32. The summed E-state index contributed by atoms with van der Waals surface area (Å²) in [6.07, 6.45) is 5.24. The minimum absolute atomic E-state index is 0.235. The Kier molecular flexibility index (Phi) is 4.37. The third kappa shape index (κ3) is 3.49. The van der Waals surface area contributed by atoms with E-state index >= 15 is 0 Å². The number of nitrogens with zero attached hydrogens (tertiary/aromatic N) is 1. The van der Waals surface area contributed by atoms with Crippen LogP contribution in [0.25, 0.3) is 0 Å². The minimum atomic E-state index is 0.235. The van der Waals surface area contributed by atoms with Gasteiger partial charge in [-0.1, -0.05) is 24.3 Å². The van der Waals surface area contributed by atoms with Gasteiger partial charge in [0.15, 0.2) is 0 Å². The molecule has 116 valence electrons. The normalized spacial score (nSPS) is 29.7. The summed E-state index contributed by atoms with van der Waals surface area (Å²) < 4.78 is 0. The molecule has 21 heavy (non-hydrogen) atoms. The average molecular weight is 286 g/mol. The van der Waals surface area contributed by atoms with Crippen LogP contribution in [0.4, 0.5) is 0 Å². The van der Waals surface area contributed by atoms with Gasteiger partial charge in [0.25, 0.3) is 0 Å².